The normalized spacial score (nSPS) is 14.0. The molecule has 5 aromatic carbocycles. The number of hydrogen-bond donors (Lipinski definition) is 1. The van der Waals surface area contributed by atoms with E-state index in [1.165, 1.54) is 32.2 Å². The maximum atomic E-state index is 11.3. The van der Waals surface area contributed by atoms with Crippen molar-refractivity contribution in [3.8, 4) is 0 Å². The molecule has 3 radical (unpaired) electrons. The molecule has 5 rings (SSSR count). The van der Waals surface area contributed by atoms with Gasteiger partial charge in [-0.15, -0.1) is 0 Å². The van der Waals surface area contributed by atoms with Gasteiger partial charge in [0.2, 0.25) is 0 Å². The first-order valence-corrected chi connectivity index (χ1v) is 12.7. The highest BCUT2D eigenvalue weighted by Gasteiger charge is 2.30. The lowest BCUT2D eigenvalue weighted by Crippen LogP contribution is -2.36. The smallest absolute Gasteiger partial charge is 0.0945 e. The van der Waals surface area contributed by atoms with E-state index in [9.17, 15) is 5.11 Å². The number of aliphatic hydroxyl groups is 1. The number of rotatable bonds is 6. The summed E-state index contributed by atoms with van der Waals surface area (Å²) in [6, 6.07) is 40.3. The molecule has 5 aromatic rings. The molecule has 0 unspecified atom stereocenters. The van der Waals surface area contributed by atoms with Gasteiger partial charge in [-0.1, -0.05) is 109 Å². The van der Waals surface area contributed by atoms with E-state index in [0.29, 0.717) is 0 Å². The van der Waals surface area contributed by atoms with Gasteiger partial charge >= 0.3 is 0 Å². The van der Waals surface area contributed by atoms with E-state index in [-0.39, 0.29) is 14.5 Å². The number of benzene rings is 5. The van der Waals surface area contributed by atoms with Crippen LogP contribution in [0.1, 0.15) is 18.6 Å². The SMILES string of the molecule is C[C@H]([C@@H](O)c1ccccc1)N(C)[P@@](c1ccccc1)c1c2ccccc2cc2ccccc12.[B]. The molecular formula is C30H28BNOP. The highest BCUT2D eigenvalue weighted by atomic mass is 31.1. The van der Waals surface area contributed by atoms with Gasteiger partial charge in [-0.2, -0.15) is 0 Å². The van der Waals surface area contributed by atoms with E-state index < -0.39 is 14.2 Å². The van der Waals surface area contributed by atoms with Gasteiger partial charge in [0.25, 0.3) is 0 Å². The van der Waals surface area contributed by atoms with Crippen LogP contribution in [0.5, 0.6) is 0 Å². The second-order valence-corrected chi connectivity index (χ2v) is 10.7. The standard InChI is InChI=1S/C30H28NOP.B/c1-22(29(32)23-13-5-3-6-14-23)31(2)33(26-17-7-4-8-18-26)30-27-19-11-9-15-24(27)21-25-16-10-12-20-28(25)30;/h3-22,29,32H,1-2H3;/t22-,29-,33+;/m1./s1. The van der Waals surface area contributed by atoms with Gasteiger partial charge in [-0.25, -0.2) is 0 Å². The average molecular weight is 460 g/mol. The fourth-order valence-electron chi connectivity index (χ4n) is 4.57. The lowest BCUT2D eigenvalue weighted by atomic mass is 10.0. The first-order chi connectivity index (χ1) is 16.1. The van der Waals surface area contributed by atoms with Crippen molar-refractivity contribution in [1.29, 1.82) is 0 Å². The summed E-state index contributed by atoms with van der Waals surface area (Å²) in [6.07, 6.45) is -0.578. The topological polar surface area (TPSA) is 23.5 Å². The summed E-state index contributed by atoms with van der Waals surface area (Å²) >= 11 is 0. The van der Waals surface area contributed by atoms with Crippen LogP contribution in [0.3, 0.4) is 0 Å². The van der Waals surface area contributed by atoms with Crippen molar-refractivity contribution in [2.75, 3.05) is 7.05 Å². The second kappa shape index (κ2) is 10.5. The minimum Gasteiger partial charge on any atom is -0.387 e. The predicted octanol–water partition coefficient (Wildman–Crippen LogP) is 6.01. The first kappa shape index (κ1) is 24.2. The zero-order valence-electron chi connectivity index (χ0n) is 19.5. The number of fused-ring (bicyclic) bond motifs is 2. The van der Waals surface area contributed by atoms with E-state index >= 15 is 0 Å². The lowest BCUT2D eigenvalue weighted by molar-refractivity contribution is 0.111. The van der Waals surface area contributed by atoms with Gasteiger partial charge in [0.1, 0.15) is 0 Å². The van der Waals surface area contributed by atoms with Crippen LogP contribution in [0.4, 0.5) is 0 Å². The van der Waals surface area contributed by atoms with Crippen LogP contribution in [0.2, 0.25) is 0 Å². The van der Waals surface area contributed by atoms with Crippen LogP contribution in [-0.4, -0.2) is 31.3 Å². The van der Waals surface area contributed by atoms with Crippen molar-refractivity contribution in [2.45, 2.75) is 19.1 Å². The molecule has 0 amide bonds. The van der Waals surface area contributed by atoms with E-state index in [1.807, 2.05) is 30.3 Å². The number of hydrogen-bond acceptors (Lipinski definition) is 2. The molecule has 3 atom stereocenters. The van der Waals surface area contributed by atoms with E-state index in [4.69, 9.17) is 0 Å². The molecule has 0 heterocycles. The summed E-state index contributed by atoms with van der Waals surface area (Å²) in [6.45, 7) is 2.13. The van der Waals surface area contributed by atoms with Gasteiger partial charge in [0, 0.05) is 27.8 Å². The Labute approximate surface area is 205 Å². The Kier molecular flexibility index (Phi) is 7.49. The molecule has 167 valence electrons. The fraction of sp³-hybridized carbons (Fsp3) is 0.133. The van der Waals surface area contributed by atoms with Crippen molar-refractivity contribution < 1.29 is 5.11 Å². The average Bonchev–Trinajstić information content (AvgIpc) is 2.88. The molecule has 0 aliphatic rings. The Bertz CT molecular complexity index is 1320. The molecule has 34 heavy (non-hydrogen) atoms. The van der Waals surface area contributed by atoms with Crippen molar-refractivity contribution >= 4 is 48.6 Å². The highest BCUT2D eigenvalue weighted by molar-refractivity contribution is 7.71. The van der Waals surface area contributed by atoms with Gasteiger partial charge in [-0.05, 0) is 52.5 Å². The van der Waals surface area contributed by atoms with Crippen molar-refractivity contribution in [2.24, 2.45) is 0 Å². The molecule has 0 saturated heterocycles. The number of aliphatic hydroxyl groups excluding tert-OH is 1. The van der Waals surface area contributed by atoms with Crippen molar-refractivity contribution in [1.82, 2.24) is 4.67 Å². The molecule has 2 nitrogen and oxygen atoms in total. The third-order valence-corrected chi connectivity index (χ3v) is 9.15. The zero-order valence-corrected chi connectivity index (χ0v) is 20.4. The van der Waals surface area contributed by atoms with Crippen LogP contribution in [-0.2, 0) is 0 Å². The molecular weight excluding hydrogens is 432 g/mol. The monoisotopic (exact) mass is 460 g/mol. The van der Waals surface area contributed by atoms with Crippen molar-refractivity contribution in [3.63, 3.8) is 0 Å². The largest absolute Gasteiger partial charge is 0.387 e. The molecule has 0 saturated carbocycles. The summed E-state index contributed by atoms with van der Waals surface area (Å²) in [5, 5.41) is 19.0. The fourth-order valence-corrected chi connectivity index (χ4v) is 7.32. The molecule has 0 spiro atoms. The number of likely N-dealkylation sites (N-methyl/N-ethyl adjacent to an activating group) is 1. The summed E-state index contributed by atoms with van der Waals surface area (Å²) in [4.78, 5) is 0. The maximum absolute atomic E-state index is 11.3. The van der Waals surface area contributed by atoms with Crippen LogP contribution in [0, 0.1) is 0 Å². The lowest BCUT2D eigenvalue weighted by Gasteiger charge is -2.37. The van der Waals surface area contributed by atoms with Gasteiger partial charge in [0.15, 0.2) is 0 Å². The Balaban J connectivity index is 0.00000274. The van der Waals surface area contributed by atoms with Crippen LogP contribution in [0.15, 0.2) is 115 Å². The van der Waals surface area contributed by atoms with E-state index in [2.05, 4.69) is 104 Å². The highest BCUT2D eigenvalue weighted by Crippen LogP contribution is 2.45. The zero-order chi connectivity index (χ0) is 22.8. The first-order valence-electron chi connectivity index (χ1n) is 11.4. The van der Waals surface area contributed by atoms with Gasteiger partial charge < -0.3 is 5.11 Å². The Hall–Kier alpha value is -2.97. The summed E-state index contributed by atoms with van der Waals surface area (Å²) in [7, 11) is 1.26. The van der Waals surface area contributed by atoms with Crippen LogP contribution < -0.4 is 10.6 Å². The van der Waals surface area contributed by atoms with E-state index in [0.717, 1.165) is 5.56 Å². The second-order valence-electron chi connectivity index (χ2n) is 8.48. The van der Waals surface area contributed by atoms with Crippen LogP contribution >= 0.6 is 8.07 Å². The molecule has 0 aliphatic carbocycles. The summed E-state index contributed by atoms with van der Waals surface area (Å²) in [5.74, 6) is 0. The summed E-state index contributed by atoms with van der Waals surface area (Å²) < 4.78 is 2.39. The molecule has 0 bridgehead atoms. The van der Waals surface area contributed by atoms with E-state index in [1.54, 1.807) is 0 Å². The predicted molar refractivity (Wildman–Crippen MR) is 148 cm³/mol. The molecule has 1 N–H and O–H groups in total. The Morgan fingerprint density at radius 3 is 1.71 bits per heavy atom. The summed E-state index contributed by atoms with van der Waals surface area (Å²) in [5.41, 5.74) is 0.947. The minimum atomic E-state index is -0.901. The number of nitrogens with zero attached hydrogens (tertiary/aromatic N) is 1. The Morgan fingerprint density at radius 1 is 0.676 bits per heavy atom. The van der Waals surface area contributed by atoms with Crippen molar-refractivity contribution in [3.05, 3.63) is 121 Å². The maximum Gasteiger partial charge on any atom is 0.0945 e. The quantitative estimate of drug-likeness (QED) is 0.191. The van der Waals surface area contributed by atoms with Gasteiger partial charge in [-0.3, -0.25) is 4.67 Å². The molecule has 4 heteroatoms. The Morgan fingerprint density at radius 2 is 1.15 bits per heavy atom. The minimum absolute atomic E-state index is 0. The third kappa shape index (κ3) is 4.52. The van der Waals surface area contributed by atoms with Crippen LogP contribution in [0.25, 0.3) is 21.5 Å². The van der Waals surface area contributed by atoms with Gasteiger partial charge in [0.05, 0.1) is 6.10 Å². The molecule has 0 fully saturated rings. The molecule has 0 aromatic heterocycles. The molecule has 0 aliphatic heterocycles. The third-order valence-electron chi connectivity index (χ3n) is 6.46.